The molecule has 2 aromatic carbocycles. The van der Waals surface area contributed by atoms with E-state index in [0.717, 1.165) is 18.7 Å². The van der Waals surface area contributed by atoms with Gasteiger partial charge in [0.25, 0.3) is 0 Å². The summed E-state index contributed by atoms with van der Waals surface area (Å²) in [7, 11) is 3.03. The molecule has 0 spiro atoms. The smallest absolute Gasteiger partial charge is 0.313 e. The Morgan fingerprint density at radius 2 is 1.83 bits per heavy atom. The number of hydrogen-bond acceptors (Lipinski definition) is 6. The molecule has 0 aliphatic carbocycles. The Kier molecular flexibility index (Phi) is 7.64. The van der Waals surface area contributed by atoms with Gasteiger partial charge in [-0.15, -0.1) is 0 Å². The van der Waals surface area contributed by atoms with Crippen LogP contribution in [0.25, 0.3) is 0 Å². The van der Waals surface area contributed by atoms with Crippen LogP contribution < -0.4 is 20.1 Å². The molecule has 1 unspecified atom stereocenters. The van der Waals surface area contributed by atoms with Crippen LogP contribution in [-0.4, -0.2) is 63.7 Å². The molecule has 30 heavy (non-hydrogen) atoms. The second-order valence-electron chi connectivity index (χ2n) is 6.85. The molecular weight excluding hydrogens is 386 g/mol. The maximum Gasteiger partial charge on any atom is 0.313 e. The summed E-state index contributed by atoms with van der Waals surface area (Å²) >= 11 is 0. The highest BCUT2D eigenvalue weighted by Crippen LogP contribution is 2.29. The van der Waals surface area contributed by atoms with E-state index in [1.807, 2.05) is 18.2 Å². The van der Waals surface area contributed by atoms with Gasteiger partial charge >= 0.3 is 11.8 Å². The third-order valence-corrected chi connectivity index (χ3v) is 4.88. The predicted octanol–water partition coefficient (Wildman–Crippen LogP) is 1.83. The van der Waals surface area contributed by atoms with Gasteiger partial charge in [0.1, 0.15) is 0 Å². The molecule has 8 heteroatoms. The Balaban J connectivity index is 1.44. The summed E-state index contributed by atoms with van der Waals surface area (Å²) in [5.74, 6) is -0.403. The fraction of sp³-hybridized carbons (Fsp3) is 0.364. The summed E-state index contributed by atoms with van der Waals surface area (Å²) < 4.78 is 16.2. The zero-order valence-corrected chi connectivity index (χ0v) is 17.2. The normalized spacial score (nSPS) is 16.5. The molecule has 1 aliphatic rings. The standard InChI is InChI=1S/C22H27N3O5/c1-28-18-9-8-17(14-19(18)29-2)24-22(27)21(26)23-10-11-25-12-13-30-20(15-25)16-6-4-3-5-7-16/h3-9,14,20H,10-13,15H2,1-2H3,(H,23,26)(H,24,27). The molecule has 8 nitrogen and oxygen atoms in total. The number of anilines is 1. The van der Waals surface area contributed by atoms with Crippen LogP contribution in [0.4, 0.5) is 5.69 Å². The first-order chi connectivity index (χ1) is 14.6. The van der Waals surface area contributed by atoms with Crippen molar-refractivity contribution in [3.63, 3.8) is 0 Å². The molecule has 1 fully saturated rings. The predicted molar refractivity (Wildman–Crippen MR) is 113 cm³/mol. The van der Waals surface area contributed by atoms with E-state index in [2.05, 4.69) is 27.7 Å². The van der Waals surface area contributed by atoms with E-state index in [1.54, 1.807) is 18.2 Å². The number of nitrogens with zero attached hydrogens (tertiary/aromatic N) is 1. The minimum atomic E-state index is -0.730. The Labute approximate surface area is 176 Å². The van der Waals surface area contributed by atoms with Crippen LogP contribution in [0.3, 0.4) is 0 Å². The Hall–Kier alpha value is -3.10. The number of morpholine rings is 1. The first-order valence-electron chi connectivity index (χ1n) is 9.81. The number of methoxy groups -OCH3 is 2. The van der Waals surface area contributed by atoms with Gasteiger partial charge in [0.05, 0.1) is 26.9 Å². The summed E-state index contributed by atoms with van der Waals surface area (Å²) in [4.78, 5) is 26.5. The van der Waals surface area contributed by atoms with Gasteiger partial charge in [-0.25, -0.2) is 0 Å². The number of benzene rings is 2. The van der Waals surface area contributed by atoms with Crippen molar-refractivity contribution in [1.29, 1.82) is 0 Å². The minimum Gasteiger partial charge on any atom is -0.493 e. The highest BCUT2D eigenvalue weighted by Gasteiger charge is 2.22. The maximum atomic E-state index is 12.2. The van der Waals surface area contributed by atoms with Crippen LogP contribution in [0.5, 0.6) is 11.5 Å². The first kappa shape index (κ1) is 21.6. The van der Waals surface area contributed by atoms with Gasteiger partial charge < -0.3 is 24.8 Å². The fourth-order valence-electron chi connectivity index (χ4n) is 3.28. The average Bonchev–Trinajstić information content (AvgIpc) is 2.79. The molecule has 2 amide bonds. The lowest BCUT2D eigenvalue weighted by Gasteiger charge is -2.33. The lowest BCUT2D eigenvalue weighted by atomic mass is 10.1. The highest BCUT2D eigenvalue weighted by molar-refractivity contribution is 6.39. The lowest BCUT2D eigenvalue weighted by molar-refractivity contribution is -0.136. The van der Waals surface area contributed by atoms with Crippen LogP contribution in [0.2, 0.25) is 0 Å². The third kappa shape index (κ3) is 5.71. The molecule has 0 radical (unpaired) electrons. The number of ether oxygens (including phenoxy) is 3. The quantitative estimate of drug-likeness (QED) is 0.674. The van der Waals surface area contributed by atoms with Gasteiger partial charge in [-0.2, -0.15) is 0 Å². The Bertz CT molecular complexity index is 859. The topological polar surface area (TPSA) is 89.1 Å². The van der Waals surface area contributed by atoms with Gasteiger partial charge in [0, 0.05) is 37.9 Å². The van der Waals surface area contributed by atoms with Crippen molar-refractivity contribution < 1.29 is 23.8 Å². The molecule has 0 saturated carbocycles. The molecule has 1 heterocycles. The summed E-state index contributed by atoms with van der Waals surface area (Å²) in [5.41, 5.74) is 1.59. The Morgan fingerprint density at radius 1 is 1.07 bits per heavy atom. The molecular formula is C22H27N3O5. The van der Waals surface area contributed by atoms with E-state index in [1.165, 1.54) is 14.2 Å². The Morgan fingerprint density at radius 3 is 2.57 bits per heavy atom. The van der Waals surface area contributed by atoms with Crippen molar-refractivity contribution in [2.75, 3.05) is 52.3 Å². The number of nitrogens with one attached hydrogen (secondary N) is 2. The molecule has 1 aliphatic heterocycles. The van der Waals surface area contributed by atoms with E-state index in [9.17, 15) is 9.59 Å². The minimum absolute atomic E-state index is 0.0176. The van der Waals surface area contributed by atoms with Gasteiger partial charge in [-0.1, -0.05) is 30.3 Å². The molecule has 1 saturated heterocycles. The highest BCUT2D eigenvalue weighted by atomic mass is 16.5. The zero-order chi connectivity index (χ0) is 21.3. The van der Waals surface area contributed by atoms with Gasteiger partial charge in [-0.05, 0) is 17.7 Å². The fourth-order valence-corrected chi connectivity index (χ4v) is 3.28. The van der Waals surface area contributed by atoms with E-state index >= 15 is 0 Å². The summed E-state index contributed by atoms with van der Waals surface area (Å²) in [6, 6.07) is 15.0. The molecule has 2 aromatic rings. The van der Waals surface area contributed by atoms with Gasteiger partial charge in [-0.3, -0.25) is 14.5 Å². The number of carbonyl (C=O) groups is 2. The van der Waals surface area contributed by atoms with Crippen LogP contribution >= 0.6 is 0 Å². The van der Waals surface area contributed by atoms with Crippen molar-refractivity contribution in [3.05, 3.63) is 54.1 Å². The van der Waals surface area contributed by atoms with Gasteiger partial charge in [0.15, 0.2) is 11.5 Å². The molecule has 1 atom stereocenters. The van der Waals surface area contributed by atoms with Crippen molar-refractivity contribution in [2.24, 2.45) is 0 Å². The number of amides is 2. The summed E-state index contributed by atoms with van der Waals surface area (Å²) in [6.45, 7) is 3.18. The van der Waals surface area contributed by atoms with Crippen molar-refractivity contribution in [1.82, 2.24) is 10.2 Å². The first-order valence-corrected chi connectivity index (χ1v) is 9.81. The lowest BCUT2D eigenvalue weighted by Crippen LogP contribution is -2.44. The molecule has 2 N–H and O–H groups in total. The average molecular weight is 413 g/mol. The summed E-state index contributed by atoms with van der Waals surface area (Å²) in [5, 5.41) is 5.23. The number of rotatable bonds is 7. The monoisotopic (exact) mass is 413 g/mol. The second kappa shape index (κ2) is 10.6. The van der Waals surface area contributed by atoms with Crippen LogP contribution in [-0.2, 0) is 14.3 Å². The van der Waals surface area contributed by atoms with Crippen LogP contribution in [0.1, 0.15) is 11.7 Å². The molecule has 3 rings (SSSR count). The maximum absolute atomic E-state index is 12.2. The number of carbonyl (C=O) groups excluding carboxylic acids is 2. The summed E-state index contributed by atoms with van der Waals surface area (Å²) in [6.07, 6.45) is 0.0176. The van der Waals surface area contributed by atoms with Gasteiger partial charge in [0.2, 0.25) is 0 Å². The van der Waals surface area contributed by atoms with Crippen molar-refractivity contribution in [2.45, 2.75) is 6.10 Å². The third-order valence-electron chi connectivity index (χ3n) is 4.88. The zero-order valence-electron chi connectivity index (χ0n) is 17.2. The van der Waals surface area contributed by atoms with E-state index in [0.29, 0.717) is 36.9 Å². The SMILES string of the molecule is COc1ccc(NC(=O)C(=O)NCCN2CCOC(c3ccccc3)C2)cc1OC. The largest absolute Gasteiger partial charge is 0.493 e. The van der Waals surface area contributed by atoms with Crippen molar-refractivity contribution in [3.8, 4) is 11.5 Å². The van der Waals surface area contributed by atoms with E-state index in [-0.39, 0.29) is 6.10 Å². The number of hydrogen-bond donors (Lipinski definition) is 2. The van der Waals surface area contributed by atoms with Crippen LogP contribution in [0, 0.1) is 0 Å². The van der Waals surface area contributed by atoms with E-state index in [4.69, 9.17) is 14.2 Å². The molecule has 0 bridgehead atoms. The molecule has 160 valence electrons. The van der Waals surface area contributed by atoms with E-state index < -0.39 is 11.8 Å². The second-order valence-corrected chi connectivity index (χ2v) is 6.85. The van der Waals surface area contributed by atoms with Crippen molar-refractivity contribution >= 4 is 17.5 Å². The molecule has 0 aromatic heterocycles. The van der Waals surface area contributed by atoms with Crippen LogP contribution in [0.15, 0.2) is 48.5 Å².